The van der Waals surface area contributed by atoms with Crippen LogP contribution in [-0.4, -0.2) is 19.1 Å². The Morgan fingerprint density at radius 3 is 2.00 bits per heavy atom. The van der Waals surface area contributed by atoms with Gasteiger partial charge < -0.3 is 10.5 Å². The summed E-state index contributed by atoms with van der Waals surface area (Å²) >= 11 is 0. The van der Waals surface area contributed by atoms with Gasteiger partial charge in [-0.15, -0.1) is 0 Å². The van der Waals surface area contributed by atoms with Crippen molar-refractivity contribution in [1.82, 2.24) is 0 Å². The summed E-state index contributed by atoms with van der Waals surface area (Å²) in [5, 5.41) is 0. The van der Waals surface area contributed by atoms with Crippen molar-refractivity contribution in [2.45, 2.75) is 19.9 Å². The number of esters is 1. The predicted molar refractivity (Wildman–Crippen MR) is 40.7 cm³/mol. The molecule has 61 valence electrons. The highest BCUT2D eigenvalue weighted by atomic mass is 35.5. The number of nitrogens with two attached hydrogens (primary N) is 1. The van der Waals surface area contributed by atoms with Crippen LogP contribution in [0.3, 0.4) is 0 Å². The fourth-order valence-corrected chi connectivity index (χ4v) is 0.408. The molecule has 2 N–H and O–H groups in total. The lowest BCUT2D eigenvalue weighted by molar-refractivity contribution is -0.143. The lowest BCUT2D eigenvalue weighted by Crippen LogP contribution is -2.36. The van der Waals surface area contributed by atoms with Crippen LogP contribution in [0, 0.1) is 5.92 Å². The molecular formula is C6H13ClNO2. The van der Waals surface area contributed by atoms with Crippen molar-refractivity contribution in [2.24, 2.45) is 11.7 Å². The SMILES string of the molecule is COC(=O)C(N)C(C)C.[Cl]. The molecule has 1 radical (unpaired) electrons. The Hall–Kier alpha value is -0.280. The van der Waals surface area contributed by atoms with Gasteiger partial charge in [0.25, 0.3) is 0 Å². The number of hydrogen-bond donors (Lipinski definition) is 1. The summed E-state index contributed by atoms with van der Waals surface area (Å²) in [6, 6.07) is -0.477. The van der Waals surface area contributed by atoms with Crippen molar-refractivity contribution in [1.29, 1.82) is 0 Å². The molecule has 0 saturated heterocycles. The Balaban J connectivity index is 0. The smallest absolute Gasteiger partial charge is 0.322 e. The summed E-state index contributed by atoms with van der Waals surface area (Å²) in [5.74, 6) is -0.192. The first-order valence-electron chi connectivity index (χ1n) is 2.93. The Morgan fingerprint density at radius 2 is 1.90 bits per heavy atom. The zero-order valence-corrected chi connectivity index (χ0v) is 7.18. The summed E-state index contributed by atoms with van der Waals surface area (Å²) in [7, 11) is 1.34. The Bertz CT molecular complexity index is 106. The van der Waals surface area contributed by atoms with Crippen LogP contribution in [0.25, 0.3) is 0 Å². The van der Waals surface area contributed by atoms with Crippen LogP contribution in [0.4, 0.5) is 0 Å². The molecule has 0 heterocycles. The molecule has 0 aromatic heterocycles. The summed E-state index contributed by atoms with van der Waals surface area (Å²) in [4.78, 5) is 10.6. The van der Waals surface area contributed by atoms with Gasteiger partial charge in [-0.2, -0.15) is 0 Å². The second-order valence-corrected chi connectivity index (χ2v) is 2.29. The highest BCUT2D eigenvalue weighted by molar-refractivity contribution is 5.85. The number of hydrogen-bond acceptors (Lipinski definition) is 3. The van der Waals surface area contributed by atoms with E-state index in [9.17, 15) is 4.79 Å². The fraction of sp³-hybridized carbons (Fsp3) is 0.833. The molecule has 0 saturated carbocycles. The van der Waals surface area contributed by atoms with Gasteiger partial charge in [-0.3, -0.25) is 4.79 Å². The van der Waals surface area contributed by atoms with Gasteiger partial charge in [0.15, 0.2) is 0 Å². The number of carbonyl (C=O) groups excluding carboxylic acids is 1. The molecule has 4 heteroatoms. The summed E-state index contributed by atoms with van der Waals surface area (Å²) < 4.78 is 4.41. The van der Waals surface area contributed by atoms with E-state index < -0.39 is 6.04 Å². The third-order valence-electron chi connectivity index (χ3n) is 1.19. The molecule has 1 unspecified atom stereocenters. The first-order chi connectivity index (χ1) is 4.09. The monoisotopic (exact) mass is 166 g/mol. The molecule has 0 fully saturated rings. The zero-order valence-electron chi connectivity index (χ0n) is 6.43. The molecule has 3 nitrogen and oxygen atoms in total. The Morgan fingerprint density at radius 1 is 1.50 bits per heavy atom. The van der Waals surface area contributed by atoms with E-state index in [1.807, 2.05) is 13.8 Å². The maximum Gasteiger partial charge on any atom is 0.322 e. The largest absolute Gasteiger partial charge is 0.468 e. The molecule has 0 bridgehead atoms. The van der Waals surface area contributed by atoms with Gasteiger partial charge in [0.1, 0.15) is 6.04 Å². The minimum atomic E-state index is -0.477. The molecule has 0 rings (SSSR count). The molecule has 0 aliphatic heterocycles. The standard InChI is InChI=1S/C6H13NO2.Cl/c1-4(2)5(7)6(8)9-3;/h4-5H,7H2,1-3H3;. The molecule has 1 atom stereocenters. The van der Waals surface area contributed by atoms with Crippen molar-refractivity contribution in [2.75, 3.05) is 7.11 Å². The topological polar surface area (TPSA) is 52.3 Å². The van der Waals surface area contributed by atoms with E-state index in [4.69, 9.17) is 5.73 Å². The molecule has 0 aromatic rings. The van der Waals surface area contributed by atoms with Gasteiger partial charge in [-0.25, -0.2) is 0 Å². The van der Waals surface area contributed by atoms with Crippen LogP contribution < -0.4 is 5.73 Å². The lowest BCUT2D eigenvalue weighted by atomic mass is 10.1. The summed E-state index contributed by atoms with van der Waals surface area (Å²) in [5.41, 5.74) is 5.40. The number of halogens is 1. The van der Waals surface area contributed by atoms with Gasteiger partial charge in [-0.1, -0.05) is 13.8 Å². The third-order valence-corrected chi connectivity index (χ3v) is 1.19. The maximum absolute atomic E-state index is 10.6. The van der Waals surface area contributed by atoms with E-state index in [2.05, 4.69) is 4.74 Å². The zero-order chi connectivity index (χ0) is 7.44. The second kappa shape index (κ2) is 5.50. The average molecular weight is 167 g/mol. The molecular weight excluding hydrogens is 154 g/mol. The van der Waals surface area contributed by atoms with E-state index in [0.717, 1.165) is 0 Å². The van der Waals surface area contributed by atoms with E-state index in [1.165, 1.54) is 7.11 Å². The quantitative estimate of drug-likeness (QED) is 0.619. The Labute approximate surface area is 67.3 Å². The number of rotatable bonds is 2. The van der Waals surface area contributed by atoms with Crippen LogP contribution in [0.2, 0.25) is 0 Å². The fourth-order valence-electron chi connectivity index (χ4n) is 0.408. The van der Waals surface area contributed by atoms with Crippen molar-refractivity contribution < 1.29 is 9.53 Å². The van der Waals surface area contributed by atoms with Crippen LogP contribution in [-0.2, 0) is 9.53 Å². The van der Waals surface area contributed by atoms with Crippen LogP contribution >= 0.6 is 12.4 Å². The van der Waals surface area contributed by atoms with Gasteiger partial charge in [0.2, 0.25) is 0 Å². The van der Waals surface area contributed by atoms with Crippen molar-refractivity contribution in [3.63, 3.8) is 0 Å². The van der Waals surface area contributed by atoms with Gasteiger partial charge in [0, 0.05) is 12.4 Å². The number of ether oxygens (including phenoxy) is 1. The molecule has 0 spiro atoms. The molecule has 0 amide bonds. The molecule has 0 aliphatic carbocycles. The minimum Gasteiger partial charge on any atom is -0.468 e. The number of carbonyl (C=O) groups is 1. The van der Waals surface area contributed by atoms with Crippen molar-refractivity contribution in [3.8, 4) is 0 Å². The van der Waals surface area contributed by atoms with Crippen LogP contribution in [0.15, 0.2) is 0 Å². The van der Waals surface area contributed by atoms with Gasteiger partial charge >= 0.3 is 5.97 Å². The highest BCUT2D eigenvalue weighted by Crippen LogP contribution is 1.98. The van der Waals surface area contributed by atoms with Crippen LogP contribution in [0.5, 0.6) is 0 Å². The molecule has 10 heavy (non-hydrogen) atoms. The Kier molecular flexibility index (Phi) is 6.82. The van der Waals surface area contributed by atoms with Crippen molar-refractivity contribution >= 4 is 18.4 Å². The van der Waals surface area contributed by atoms with Gasteiger partial charge in [0.05, 0.1) is 7.11 Å². The average Bonchev–Trinajstić information content (AvgIpc) is 1.84. The summed E-state index contributed by atoms with van der Waals surface area (Å²) in [6.07, 6.45) is 0. The highest BCUT2D eigenvalue weighted by Gasteiger charge is 2.16. The summed E-state index contributed by atoms with van der Waals surface area (Å²) in [6.45, 7) is 3.75. The number of methoxy groups -OCH3 is 1. The minimum absolute atomic E-state index is 0. The lowest BCUT2D eigenvalue weighted by Gasteiger charge is -2.11. The van der Waals surface area contributed by atoms with E-state index >= 15 is 0 Å². The first-order valence-corrected chi connectivity index (χ1v) is 2.93. The molecule has 0 aromatic carbocycles. The third kappa shape index (κ3) is 3.69. The van der Waals surface area contributed by atoms with E-state index in [1.54, 1.807) is 0 Å². The van der Waals surface area contributed by atoms with Crippen LogP contribution in [0.1, 0.15) is 13.8 Å². The first kappa shape index (κ1) is 12.4. The van der Waals surface area contributed by atoms with Crippen molar-refractivity contribution in [3.05, 3.63) is 0 Å². The second-order valence-electron chi connectivity index (χ2n) is 2.29. The normalized spacial score (nSPS) is 12.1. The van der Waals surface area contributed by atoms with E-state index in [0.29, 0.717) is 0 Å². The molecule has 0 aliphatic rings. The predicted octanol–water partition coefficient (Wildman–Crippen LogP) is 0.832. The van der Waals surface area contributed by atoms with Gasteiger partial charge in [-0.05, 0) is 5.92 Å². The van der Waals surface area contributed by atoms with E-state index in [-0.39, 0.29) is 24.3 Å². The maximum atomic E-state index is 10.6.